The number of hydrogen-bond donors (Lipinski definition) is 2. The summed E-state index contributed by atoms with van der Waals surface area (Å²) in [4.78, 5) is 33.8. The summed E-state index contributed by atoms with van der Waals surface area (Å²) in [5.74, 6) is 1.18. The standard InChI is InChI=1S/C31H42N4O4/c1-22(2)35(31(37)33-25-10-6-5-7-11-25)21-30(36)34(20-23-14-15-28(38-3)29(18-23)39-4)17-16-24-19-32-27-13-9-8-12-26(24)27/h8-9,12-15,18-19,22,25,32H,5-7,10-11,16-17,20-21H2,1-4H3,(H,33,37). The van der Waals surface area contributed by atoms with Crippen molar-refractivity contribution in [3.05, 3.63) is 59.8 Å². The number of para-hydroxylation sites is 1. The molecule has 0 atom stereocenters. The number of aromatic amines is 1. The van der Waals surface area contributed by atoms with Crippen LogP contribution in [0.2, 0.25) is 0 Å². The minimum absolute atomic E-state index is 0.0252. The molecular weight excluding hydrogens is 492 g/mol. The van der Waals surface area contributed by atoms with Gasteiger partial charge in [0.25, 0.3) is 0 Å². The molecule has 2 N–H and O–H groups in total. The number of aromatic nitrogens is 1. The average Bonchev–Trinajstić information content (AvgIpc) is 3.37. The highest BCUT2D eigenvalue weighted by atomic mass is 16.5. The summed E-state index contributed by atoms with van der Waals surface area (Å²) >= 11 is 0. The minimum Gasteiger partial charge on any atom is -0.493 e. The third-order valence-electron chi connectivity index (χ3n) is 7.62. The van der Waals surface area contributed by atoms with Crippen LogP contribution in [0.5, 0.6) is 11.5 Å². The van der Waals surface area contributed by atoms with E-state index >= 15 is 0 Å². The SMILES string of the molecule is COc1ccc(CN(CCc2c[nH]c3ccccc23)C(=O)CN(C(=O)NC2CCCCC2)C(C)C)cc1OC. The minimum atomic E-state index is -0.159. The highest BCUT2D eigenvalue weighted by Gasteiger charge is 2.26. The quantitative estimate of drug-likeness (QED) is 0.340. The van der Waals surface area contributed by atoms with Crippen molar-refractivity contribution in [3.8, 4) is 11.5 Å². The summed E-state index contributed by atoms with van der Waals surface area (Å²) in [5, 5.41) is 4.34. The molecule has 0 bridgehead atoms. The van der Waals surface area contributed by atoms with Crippen LogP contribution in [0.3, 0.4) is 0 Å². The van der Waals surface area contributed by atoms with E-state index in [-0.39, 0.29) is 30.6 Å². The number of hydrogen-bond acceptors (Lipinski definition) is 4. The van der Waals surface area contributed by atoms with Crippen molar-refractivity contribution in [2.24, 2.45) is 0 Å². The molecule has 1 aliphatic rings. The van der Waals surface area contributed by atoms with E-state index in [1.807, 2.05) is 55.3 Å². The van der Waals surface area contributed by atoms with E-state index in [9.17, 15) is 9.59 Å². The summed E-state index contributed by atoms with van der Waals surface area (Å²) in [5.41, 5.74) is 3.17. The highest BCUT2D eigenvalue weighted by molar-refractivity contribution is 5.85. The Morgan fingerprint density at radius 2 is 1.77 bits per heavy atom. The molecule has 0 unspecified atom stereocenters. The van der Waals surface area contributed by atoms with Crippen molar-refractivity contribution >= 4 is 22.8 Å². The first-order valence-electron chi connectivity index (χ1n) is 14.0. The third kappa shape index (κ3) is 7.25. The molecule has 1 fully saturated rings. The Bertz CT molecular complexity index is 1250. The number of fused-ring (bicyclic) bond motifs is 1. The number of amides is 3. The molecule has 8 heteroatoms. The van der Waals surface area contributed by atoms with Gasteiger partial charge in [0.2, 0.25) is 5.91 Å². The summed E-state index contributed by atoms with van der Waals surface area (Å²) in [6.45, 7) is 4.86. The first kappa shape index (κ1) is 28.3. The molecule has 1 saturated carbocycles. The van der Waals surface area contributed by atoms with Gasteiger partial charge in [-0.05, 0) is 62.4 Å². The number of carbonyl (C=O) groups is 2. The van der Waals surface area contributed by atoms with Crippen LogP contribution in [0.4, 0.5) is 4.79 Å². The van der Waals surface area contributed by atoms with Gasteiger partial charge in [-0.25, -0.2) is 4.79 Å². The number of rotatable bonds is 11. The van der Waals surface area contributed by atoms with Crippen LogP contribution in [0.25, 0.3) is 10.9 Å². The Labute approximate surface area is 231 Å². The lowest BCUT2D eigenvalue weighted by molar-refractivity contribution is -0.132. The van der Waals surface area contributed by atoms with Gasteiger partial charge in [-0.1, -0.05) is 43.5 Å². The molecule has 0 radical (unpaired) electrons. The molecular formula is C31H42N4O4. The van der Waals surface area contributed by atoms with E-state index in [2.05, 4.69) is 22.4 Å². The highest BCUT2D eigenvalue weighted by Crippen LogP contribution is 2.28. The summed E-state index contributed by atoms with van der Waals surface area (Å²) in [7, 11) is 3.21. The van der Waals surface area contributed by atoms with Crippen molar-refractivity contribution in [3.63, 3.8) is 0 Å². The fourth-order valence-corrected chi connectivity index (χ4v) is 5.32. The predicted octanol–water partition coefficient (Wildman–Crippen LogP) is 5.51. The average molecular weight is 535 g/mol. The normalized spacial score (nSPS) is 13.9. The Balaban J connectivity index is 1.52. The maximum atomic E-state index is 13.8. The zero-order valence-electron chi connectivity index (χ0n) is 23.7. The van der Waals surface area contributed by atoms with Crippen LogP contribution in [-0.4, -0.2) is 66.1 Å². The first-order valence-corrected chi connectivity index (χ1v) is 14.0. The first-order chi connectivity index (χ1) is 18.9. The molecule has 210 valence electrons. The van der Waals surface area contributed by atoms with Gasteiger partial charge in [-0.3, -0.25) is 4.79 Å². The van der Waals surface area contributed by atoms with Crippen LogP contribution < -0.4 is 14.8 Å². The van der Waals surface area contributed by atoms with Crippen molar-refractivity contribution in [2.75, 3.05) is 27.3 Å². The van der Waals surface area contributed by atoms with E-state index < -0.39 is 0 Å². The molecule has 39 heavy (non-hydrogen) atoms. The van der Waals surface area contributed by atoms with Gasteiger partial charge in [0, 0.05) is 42.3 Å². The Kier molecular flexibility index (Phi) is 9.74. The Hall–Kier alpha value is -3.68. The largest absolute Gasteiger partial charge is 0.493 e. The van der Waals surface area contributed by atoms with Gasteiger partial charge in [-0.2, -0.15) is 0 Å². The van der Waals surface area contributed by atoms with Gasteiger partial charge >= 0.3 is 6.03 Å². The topological polar surface area (TPSA) is 86.9 Å². The van der Waals surface area contributed by atoms with Crippen LogP contribution in [0, 0.1) is 0 Å². The predicted molar refractivity (Wildman–Crippen MR) is 154 cm³/mol. The number of urea groups is 1. The molecule has 1 heterocycles. The number of methoxy groups -OCH3 is 2. The van der Waals surface area contributed by atoms with E-state index in [0.717, 1.165) is 47.7 Å². The molecule has 1 aromatic heterocycles. The third-order valence-corrected chi connectivity index (χ3v) is 7.62. The number of H-pyrrole nitrogens is 1. The van der Waals surface area contributed by atoms with Crippen molar-refractivity contribution in [1.82, 2.24) is 20.1 Å². The van der Waals surface area contributed by atoms with E-state index in [1.54, 1.807) is 19.1 Å². The fraction of sp³-hybridized carbons (Fsp3) is 0.484. The van der Waals surface area contributed by atoms with Crippen LogP contribution in [0.1, 0.15) is 57.1 Å². The molecule has 3 amide bonds. The number of benzene rings is 2. The number of nitrogens with zero attached hydrogens (tertiary/aromatic N) is 2. The second-order valence-corrected chi connectivity index (χ2v) is 10.6. The van der Waals surface area contributed by atoms with E-state index in [0.29, 0.717) is 31.0 Å². The van der Waals surface area contributed by atoms with E-state index in [1.165, 1.54) is 6.42 Å². The molecule has 0 spiro atoms. The maximum Gasteiger partial charge on any atom is 0.318 e. The van der Waals surface area contributed by atoms with Gasteiger partial charge in [-0.15, -0.1) is 0 Å². The lowest BCUT2D eigenvalue weighted by Crippen LogP contribution is -2.52. The number of carbonyl (C=O) groups excluding carboxylic acids is 2. The lowest BCUT2D eigenvalue weighted by atomic mass is 9.96. The smallest absolute Gasteiger partial charge is 0.318 e. The van der Waals surface area contributed by atoms with Crippen LogP contribution >= 0.6 is 0 Å². The zero-order chi connectivity index (χ0) is 27.8. The summed E-state index contributed by atoms with van der Waals surface area (Å²) in [6.07, 6.45) is 8.21. The van der Waals surface area contributed by atoms with Gasteiger partial charge in [0.15, 0.2) is 11.5 Å². The maximum absolute atomic E-state index is 13.8. The van der Waals surface area contributed by atoms with Crippen LogP contribution in [0.15, 0.2) is 48.7 Å². The Morgan fingerprint density at radius 3 is 2.49 bits per heavy atom. The van der Waals surface area contributed by atoms with Crippen molar-refractivity contribution in [1.29, 1.82) is 0 Å². The fourth-order valence-electron chi connectivity index (χ4n) is 5.32. The molecule has 8 nitrogen and oxygen atoms in total. The van der Waals surface area contributed by atoms with E-state index in [4.69, 9.17) is 9.47 Å². The number of ether oxygens (including phenoxy) is 2. The zero-order valence-corrected chi connectivity index (χ0v) is 23.7. The molecule has 1 aliphatic carbocycles. The molecule has 3 aromatic rings. The monoisotopic (exact) mass is 534 g/mol. The van der Waals surface area contributed by atoms with Crippen LogP contribution in [-0.2, 0) is 17.8 Å². The molecule has 0 saturated heterocycles. The summed E-state index contributed by atoms with van der Waals surface area (Å²) < 4.78 is 10.9. The molecule has 0 aliphatic heterocycles. The van der Waals surface area contributed by atoms with Crippen molar-refractivity contribution < 1.29 is 19.1 Å². The second-order valence-electron chi connectivity index (χ2n) is 10.6. The van der Waals surface area contributed by atoms with Crippen molar-refractivity contribution in [2.45, 2.75) is 71.0 Å². The number of nitrogens with one attached hydrogen (secondary N) is 2. The molecule has 4 rings (SSSR count). The van der Waals surface area contributed by atoms with Gasteiger partial charge < -0.3 is 29.6 Å². The summed E-state index contributed by atoms with van der Waals surface area (Å²) in [6, 6.07) is 13.8. The van der Waals surface area contributed by atoms with Gasteiger partial charge in [0.05, 0.1) is 14.2 Å². The molecule has 2 aromatic carbocycles. The van der Waals surface area contributed by atoms with Gasteiger partial charge in [0.1, 0.15) is 6.54 Å². The second kappa shape index (κ2) is 13.4. The Morgan fingerprint density at radius 1 is 1.03 bits per heavy atom. The lowest BCUT2D eigenvalue weighted by Gasteiger charge is -2.32.